The van der Waals surface area contributed by atoms with E-state index in [4.69, 9.17) is 9.47 Å². The first-order valence-electron chi connectivity index (χ1n) is 27.0. The summed E-state index contributed by atoms with van der Waals surface area (Å²) in [6.07, 6.45) is 60.5. The van der Waals surface area contributed by atoms with Crippen molar-refractivity contribution in [2.45, 2.75) is 249 Å². The number of rotatable bonds is 44. The molecule has 1 heterocycles. The van der Waals surface area contributed by atoms with Crippen molar-refractivity contribution in [1.82, 2.24) is 5.32 Å². The third-order valence-corrected chi connectivity index (χ3v) is 12.1. The van der Waals surface area contributed by atoms with E-state index in [-0.39, 0.29) is 12.5 Å². The van der Waals surface area contributed by atoms with Crippen LogP contribution in [0, 0.1) is 0 Å². The molecule has 9 heteroatoms. The van der Waals surface area contributed by atoms with Crippen LogP contribution in [0.3, 0.4) is 0 Å². The summed E-state index contributed by atoms with van der Waals surface area (Å²) in [5.41, 5.74) is 0. The number of carbonyl (C=O) groups excluding carboxylic acids is 1. The molecule has 0 aromatic carbocycles. The molecule has 1 aliphatic rings. The highest BCUT2D eigenvalue weighted by Gasteiger charge is 2.44. The van der Waals surface area contributed by atoms with Crippen LogP contribution in [-0.2, 0) is 14.3 Å². The van der Waals surface area contributed by atoms with Gasteiger partial charge in [-0.2, -0.15) is 0 Å². The van der Waals surface area contributed by atoms with E-state index in [2.05, 4.69) is 104 Å². The van der Waals surface area contributed by atoms with E-state index in [1.165, 1.54) is 109 Å². The van der Waals surface area contributed by atoms with E-state index < -0.39 is 49.5 Å². The highest BCUT2D eigenvalue weighted by Crippen LogP contribution is 2.23. The van der Waals surface area contributed by atoms with Crippen LogP contribution in [0.2, 0.25) is 0 Å². The van der Waals surface area contributed by atoms with Gasteiger partial charge < -0.3 is 40.3 Å². The number of carbonyl (C=O) groups is 1. The SMILES string of the molecule is CC/C=C\C/C=C\C/C=C\C/C=C\C/C=C\C/C=C\CCCCCCCCCCCCCCCCC(=O)NC(COC1OC(CO)C(O)C(O)C1O)C(O)/C=C/CC/C=C/CCCCCCC. The van der Waals surface area contributed by atoms with E-state index >= 15 is 0 Å². The van der Waals surface area contributed by atoms with E-state index in [0.717, 1.165) is 77.0 Å². The Balaban J connectivity index is 2.15. The van der Waals surface area contributed by atoms with Gasteiger partial charge >= 0.3 is 0 Å². The molecule has 0 aliphatic carbocycles. The summed E-state index contributed by atoms with van der Waals surface area (Å²) in [5, 5.41) is 54.2. The Morgan fingerprint density at radius 3 is 1.43 bits per heavy atom. The van der Waals surface area contributed by atoms with Crippen LogP contribution in [0.4, 0.5) is 0 Å². The summed E-state index contributed by atoms with van der Waals surface area (Å²) in [5.74, 6) is -0.193. The molecule has 0 saturated carbocycles. The van der Waals surface area contributed by atoms with Crippen molar-refractivity contribution < 1.29 is 39.8 Å². The summed E-state index contributed by atoms with van der Waals surface area (Å²) in [6, 6.07) is -0.825. The quantitative estimate of drug-likeness (QED) is 0.0261. The maximum Gasteiger partial charge on any atom is 0.220 e. The molecule has 0 aromatic rings. The van der Waals surface area contributed by atoms with Crippen molar-refractivity contribution in [3.05, 3.63) is 97.2 Å². The van der Waals surface area contributed by atoms with Crippen LogP contribution in [0.1, 0.15) is 206 Å². The fourth-order valence-corrected chi connectivity index (χ4v) is 7.88. The summed E-state index contributed by atoms with van der Waals surface area (Å²) < 4.78 is 11.2. The molecule has 0 aromatic heterocycles. The van der Waals surface area contributed by atoms with E-state index in [0.29, 0.717) is 6.42 Å². The minimum atomic E-state index is -1.57. The Hall–Kier alpha value is -2.89. The number of aliphatic hydroxyl groups is 5. The molecule has 1 saturated heterocycles. The van der Waals surface area contributed by atoms with Crippen molar-refractivity contribution in [2.75, 3.05) is 13.2 Å². The molecule has 384 valence electrons. The molecule has 1 amide bonds. The second kappa shape index (κ2) is 46.8. The zero-order chi connectivity index (χ0) is 48.7. The van der Waals surface area contributed by atoms with Gasteiger partial charge in [-0.15, -0.1) is 0 Å². The third kappa shape index (κ3) is 36.7. The number of allylic oxidation sites excluding steroid dienone is 15. The van der Waals surface area contributed by atoms with Gasteiger partial charge in [-0.05, 0) is 83.5 Å². The van der Waals surface area contributed by atoms with Gasteiger partial charge in [0, 0.05) is 6.42 Å². The van der Waals surface area contributed by atoms with Crippen LogP contribution in [0.15, 0.2) is 97.2 Å². The summed E-state index contributed by atoms with van der Waals surface area (Å²) in [4.78, 5) is 13.0. The Bertz CT molecular complexity index is 1370. The lowest BCUT2D eigenvalue weighted by Gasteiger charge is -2.40. The van der Waals surface area contributed by atoms with Crippen molar-refractivity contribution >= 4 is 5.91 Å². The van der Waals surface area contributed by atoms with Gasteiger partial charge in [0.25, 0.3) is 0 Å². The van der Waals surface area contributed by atoms with Crippen LogP contribution < -0.4 is 5.32 Å². The first-order chi connectivity index (χ1) is 32.8. The fourth-order valence-electron chi connectivity index (χ4n) is 7.88. The third-order valence-electron chi connectivity index (χ3n) is 12.1. The van der Waals surface area contributed by atoms with E-state index in [1.807, 2.05) is 6.08 Å². The molecule has 9 nitrogen and oxygen atoms in total. The van der Waals surface area contributed by atoms with Crippen LogP contribution in [0.25, 0.3) is 0 Å². The lowest BCUT2D eigenvalue weighted by Crippen LogP contribution is -2.60. The topological polar surface area (TPSA) is 149 Å². The number of hydrogen-bond acceptors (Lipinski definition) is 8. The van der Waals surface area contributed by atoms with Crippen LogP contribution in [0.5, 0.6) is 0 Å². The standard InChI is InChI=1S/C58H99NO8/c1-3-5-7-9-11-13-15-16-17-18-19-20-21-22-23-24-25-26-27-28-29-30-31-32-33-34-35-36-38-40-42-44-46-48-54(62)59-51(50-66-58-57(65)56(64)55(63)53(49-60)67-58)52(61)47-45-43-41-39-37-14-12-10-8-6-4-2/h5,7,11,13,16-17,19-20,22-23,25-26,37,39,45,47,51-53,55-58,60-61,63-65H,3-4,6,8-10,12,14-15,18,21,24,27-36,38,40-44,46,48-50H2,1-2H3,(H,59,62)/b7-5-,13-11-,17-16-,20-19-,23-22-,26-25-,39-37+,47-45+. The number of hydrogen-bond donors (Lipinski definition) is 6. The normalized spacial score (nSPS) is 20.5. The van der Waals surface area contributed by atoms with Crippen LogP contribution >= 0.6 is 0 Å². The van der Waals surface area contributed by atoms with Gasteiger partial charge in [0.2, 0.25) is 5.91 Å². The van der Waals surface area contributed by atoms with Gasteiger partial charge in [0.15, 0.2) is 6.29 Å². The van der Waals surface area contributed by atoms with Gasteiger partial charge in [0.1, 0.15) is 24.4 Å². The van der Waals surface area contributed by atoms with Gasteiger partial charge in [-0.1, -0.05) is 214 Å². The molecule has 1 aliphatic heterocycles. The summed E-state index contributed by atoms with van der Waals surface area (Å²) in [7, 11) is 0. The second-order valence-corrected chi connectivity index (χ2v) is 18.3. The van der Waals surface area contributed by atoms with E-state index in [9.17, 15) is 30.3 Å². The predicted octanol–water partition coefficient (Wildman–Crippen LogP) is 12.8. The van der Waals surface area contributed by atoms with Crippen molar-refractivity contribution in [3.8, 4) is 0 Å². The molecule has 0 bridgehead atoms. The smallest absolute Gasteiger partial charge is 0.220 e. The molecular formula is C58H99NO8. The number of unbranched alkanes of at least 4 members (excludes halogenated alkanes) is 20. The Kier molecular flexibility index (Phi) is 43.4. The number of amides is 1. The van der Waals surface area contributed by atoms with Crippen molar-refractivity contribution in [1.29, 1.82) is 0 Å². The Morgan fingerprint density at radius 2 is 0.940 bits per heavy atom. The van der Waals surface area contributed by atoms with Gasteiger partial charge in [0.05, 0.1) is 25.4 Å². The molecule has 7 unspecified atom stereocenters. The van der Waals surface area contributed by atoms with Crippen molar-refractivity contribution in [3.63, 3.8) is 0 Å². The van der Waals surface area contributed by atoms with Gasteiger partial charge in [-0.25, -0.2) is 0 Å². The molecule has 0 radical (unpaired) electrons. The highest BCUT2D eigenvalue weighted by atomic mass is 16.7. The van der Waals surface area contributed by atoms with Gasteiger partial charge in [-0.3, -0.25) is 4.79 Å². The highest BCUT2D eigenvalue weighted by molar-refractivity contribution is 5.76. The molecule has 7 atom stereocenters. The number of ether oxygens (including phenoxy) is 2. The average molecular weight is 938 g/mol. The van der Waals surface area contributed by atoms with E-state index in [1.54, 1.807) is 6.08 Å². The first kappa shape index (κ1) is 62.1. The Morgan fingerprint density at radius 1 is 0.522 bits per heavy atom. The summed E-state index contributed by atoms with van der Waals surface area (Å²) >= 11 is 0. The molecule has 0 spiro atoms. The Labute approximate surface area is 409 Å². The van der Waals surface area contributed by atoms with Crippen LogP contribution in [-0.4, -0.2) is 87.5 Å². The average Bonchev–Trinajstić information content (AvgIpc) is 3.33. The molecular weight excluding hydrogens is 839 g/mol. The molecule has 1 rings (SSSR count). The molecule has 6 N–H and O–H groups in total. The molecule has 67 heavy (non-hydrogen) atoms. The number of aliphatic hydroxyl groups excluding tert-OH is 5. The minimum absolute atomic E-state index is 0.193. The maximum absolute atomic E-state index is 13.0. The second-order valence-electron chi connectivity index (χ2n) is 18.3. The zero-order valence-electron chi connectivity index (χ0n) is 42.4. The number of nitrogens with one attached hydrogen (secondary N) is 1. The zero-order valence-corrected chi connectivity index (χ0v) is 42.4. The van der Waals surface area contributed by atoms with Crippen molar-refractivity contribution in [2.24, 2.45) is 0 Å². The maximum atomic E-state index is 13.0. The lowest BCUT2D eigenvalue weighted by molar-refractivity contribution is -0.302. The lowest BCUT2D eigenvalue weighted by atomic mass is 9.99. The largest absolute Gasteiger partial charge is 0.394 e. The molecule has 1 fully saturated rings. The minimum Gasteiger partial charge on any atom is -0.394 e. The predicted molar refractivity (Wildman–Crippen MR) is 281 cm³/mol. The fraction of sp³-hybridized carbons (Fsp3) is 0.707. The summed E-state index contributed by atoms with van der Waals surface area (Å²) in [6.45, 7) is 3.60. The first-order valence-corrected chi connectivity index (χ1v) is 27.0. The monoisotopic (exact) mass is 938 g/mol.